The third-order valence-corrected chi connectivity index (χ3v) is 3.94. The Morgan fingerprint density at radius 2 is 2.00 bits per heavy atom. The zero-order valence-electron chi connectivity index (χ0n) is 14.6. The Labute approximate surface area is 179 Å². The number of nitrogens with one attached hydrogen (secondary N) is 2. The van der Waals surface area contributed by atoms with E-state index < -0.39 is 23.5 Å². The number of hydrogen-bond acceptors (Lipinski definition) is 4. The maximum Gasteiger partial charge on any atom is 0.434 e. The second kappa shape index (κ2) is 11.3. The van der Waals surface area contributed by atoms with Gasteiger partial charge in [0.25, 0.3) is 0 Å². The molecule has 156 valence electrons. The quantitative estimate of drug-likeness (QED) is 0.183. The van der Waals surface area contributed by atoms with Crippen LogP contribution in [0.25, 0.3) is 0 Å². The van der Waals surface area contributed by atoms with E-state index in [0.717, 1.165) is 28.8 Å². The Kier molecular flexibility index (Phi) is 9.85. The van der Waals surface area contributed by atoms with Gasteiger partial charge in [-0.25, -0.2) is 18.8 Å². The standard InChI is InChI=1S/C16H17F5N4OS.HI/c1-2-22-15(24-8-14-25-13(9-27-14)16(19,20)21)23-5-6-26-12-4-3-10(17)7-11(12)18;/h3-4,7,9H,2,5-6,8H2,1H3,(H2,22,23,24);1H. The first-order chi connectivity index (χ1) is 12.8. The highest BCUT2D eigenvalue weighted by Gasteiger charge is 2.33. The number of nitrogens with zero attached hydrogens (tertiary/aromatic N) is 2. The minimum Gasteiger partial charge on any atom is -0.489 e. The van der Waals surface area contributed by atoms with Crippen molar-refractivity contribution in [1.29, 1.82) is 0 Å². The van der Waals surface area contributed by atoms with Crippen molar-refractivity contribution in [2.24, 2.45) is 4.99 Å². The first-order valence-electron chi connectivity index (χ1n) is 7.91. The number of thiazole rings is 1. The summed E-state index contributed by atoms with van der Waals surface area (Å²) < 4.78 is 69.1. The van der Waals surface area contributed by atoms with Crippen molar-refractivity contribution in [2.75, 3.05) is 19.7 Å². The molecular formula is C16H18F5IN4OS. The summed E-state index contributed by atoms with van der Waals surface area (Å²) in [7, 11) is 0. The molecule has 0 spiro atoms. The Hall–Kier alpha value is -1.70. The van der Waals surface area contributed by atoms with Gasteiger partial charge in [-0.3, -0.25) is 0 Å². The van der Waals surface area contributed by atoms with Crippen LogP contribution in [0.3, 0.4) is 0 Å². The fraction of sp³-hybridized carbons (Fsp3) is 0.375. The predicted octanol–water partition coefficient (Wildman–Crippen LogP) is 4.19. The molecule has 5 nitrogen and oxygen atoms in total. The summed E-state index contributed by atoms with van der Waals surface area (Å²) in [5.41, 5.74) is -0.939. The van der Waals surface area contributed by atoms with Crippen molar-refractivity contribution in [3.05, 3.63) is 45.9 Å². The number of benzene rings is 1. The van der Waals surface area contributed by atoms with Gasteiger partial charge in [-0.15, -0.1) is 35.3 Å². The maximum atomic E-state index is 13.4. The van der Waals surface area contributed by atoms with E-state index in [9.17, 15) is 22.0 Å². The first-order valence-corrected chi connectivity index (χ1v) is 8.79. The van der Waals surface area contributed by atoms with Crippen LogP contribution in [-0.2, 0) is 12.7 Å². The summed E-state index contributed by atoms with van der Waals surface area (Å²) in [6.07, 6.45) is -4.48. The molecule has 0 amide bonds. The highest BCUT2D eigenvalue weighted by molar-refractivity contribution is 14.0. The van der Waals surface area contributed by atoms with Gasteiger partial charge in [-0.2, -0.15) is 13.2 Å². The smallest absolute Gasteiger partial charge is 0.434 e. The van der Waals surface area contributed by atoms with Gasteiger partial charge in [-0.05, 0) is 19.1 Å². The molecule has 0 aliphatic carbocycles. The average molecular weight is 536 g/mol. The number of aliphatic imine (C=N–C) groups is 1. The number of ether oxygens (including phenoxy) is 1. The third kappa shape index (κ3) is 7.73. The first kappa shape index (κ1) is 24.3. The molecule has 28 heavy (non-hydrogen) atoms. The molecular weight excluding hydrogens is 518 g/mol. The summed E-state index contributed by atoms with van der Waals surface area (Å²) in [5, 5.41) is 6.99. The van der Waals surface area contributed by atoms with Crippen molar-refractivity contribution in [1.82, 2.24) is 15.6 Å². The molecule has 0 aliphatic heterocycles. The Morgan fingerprint density at radius 1 is 1.25 bits per heavy atom. The maximum absolute atomic E-state index is 13.4. The van der Waals surface area contributed by atoms with E-state index in [0.29, 0.717) is 12.5 Å². The van der Waals surface area contributed by atoms with Gasteiger partial charge in [0.1, 0.15) is 17.4 Å². The molecule has 2 rings (SSSR count). The topological polar surface area (TPSA) is 58.5 Å². The van der Waals surface area contributed by atoms with Crippen LogP contribution in [0.4, 0.5) is 22.0 Å². The largest absolute Gasteiger partial charge is 0.489 e. The molecule has 2 aromatic rings. The number of hydrogen-bond donors (Lipinski definition) is 2. The number of rotatable bonds is 7. The van der Waals surface area contributed by atoms with E-state index in [1.54, 1.807) is 0 Å². The van der Waals surface area contributed by atoms with Crippen LogP contribution in [0, 0.1) is 11.6 Å². The van der Waals surface area contributed by atoms with Crippen LogP contribution in [0.1, 0.15) is 17.6 Å². The molecule has 1 aromatic heterocycles. The van der Waals surface area contributed by atoms with Crippen LogP contribution < -0.4 is 15.4 Å². The van der Waals surface area contributed by atoms with Gasteiger partial charge in [0.2, 0.25) is 0 Å². The second-order valence-electron chi connectivity index (χ2n) is 5.17. The molecule has 2 N–H and O–H groups in total. The summed E-state index contributed by atoms with van der Waals surface area (Å²) in [6, 6.07) is 2.99. The molecule has 0 fully saturated rings. The van der Waals surface area contributed by atoms with Crippen molar-refractivity contribution in [2.45, 2.75) is 19.6 Å². The van der Waals surface area contributed by atoms with Crippen molar-refractivity contribution >= 4 is 41.3 Å². The van der Waals surface area contributed by atoms with Gasteiger partial charge in [0.15, 0.2) is 23.2 Å². The molecule has 0 bridgehead atoms. The van der Waals surface area contributed by atoms with Gasteiger partial charge in [-0.1, -0.05) is 0 Å². The minimum absolute atomic E-state index is 0. The summed E-state index contributed by atoms with van der Waals surface area (Å²) >= 11 is 0.874. The summed E-state index contributed by atoms with van der Waals surface area (Å²) in [4.78, 5) is 7.65. The SMILES string of the molecule is CCNC(=NCc1nc(C(F)(F)F)cs1)NCCOc1ccc(F)cc1F.I. The van der Waals surface area contributed by atoms with E-state index in [1.165, 1.54) is 6.07 Å². The Morgan fingerprint density at radius 3 is 2.61 bits per heavy atom. The Balaban J connectivity index is 0.00000392. The van der Waals surface area contributed by atoms with Crippen LogP contribution >= 0.6 is 35.3 Å². The Bertz CT molecular complexity index is 785. The molecule has 0 saturated heterocycles. The zero-order chi connectivity index (χ0) is 19.9. The molecule has 0 radical (unpaired) electrons. The van der Waals surface area contributed by atoms with Crippen molar-refractivity contribution in [3.63, 3.8) is 0 Å². The lowest BCUT2D eigenvalue weighted by Crippen LogP contribution is -2.39. The molecule has 0 atom stereocenters. The lowest BCUT2D eigenvalue weighted by atomic mass is 10.3. The van der Waals surface area contributed by atoms with Crippen LogP contribution in [0.15, 0.2) is 28.6 Å². The molecule has 0 unspecified atom stereocenters. The monoisotopic (exact) mass is 536 g/mol. The van der Waals surface area contributed by atoms with Crippen LogP contribution in [-0.4, -0.2) is 30.6 Å². The van der Waals surface area contributed by atoms with Crippen molar-refractivity contribution in [3.8, 4) is 5.75 Å². The molecule has 0 aliphatic rings. The number of halogens is 6. The van der Waals surface area contributed by atoms with Crippen LogP contribution in [0.2, 0.25) is 0 Å². The highest BCUT2D eigenvalue weighted by atomic mass is 127. The summed E-state index contributed by atoms with van der Waals surface area (Å²) in [6.45, 7) is 2.65. The fourth-order valence-electron chi connectivity index (χ4n) is 1.92. The lowest BCUT2D eigenvalue weighted by Gasteiger charge is -2.12. The van der Waals surface area contributed by atoms with E-state index in [1.807, 2.05) is 6.92 Å². The van der Waals surface area contributed by atoms with E-state index in [-0.39, 0.29) is 54.4 Å². The van der Waals surface area contributed by atoms with E-state index in [4.69, 9.17) is 4.74 Å². The number of guanidine groups is 1. The predicted molar refractivity (Wildman–Crippen MR) is 107 cm³/mol. The van der Waals surface area contributed by atoms with Gasteiger partial charge < -0.3 is 15.4 Å². The molecule has 1 heterocycles. The molecule has 12 heteroatoms. The lowest BCUT2D eigenvalue weighted by molar-refractivity contribution is -0.140. The molecule has 0 saturated carbocycles. The number of aromatic nitrogens is 1. The van der Waals surface area contributed by atoms with Gasteiger partial charge in [0, 0.05) is 18.0 Å². The summed E-state index contributed by atoms with van der Waals surface area (Å²) in [5.74, 6) is -1.23. The highest BCUT2D eigenvalue weighted by Crippen LogP contribution is 2.30. The van der Waals surface area contributed by atoms with Gasteiger partial charge >= 0.3 is 6.18 Å². The zero-order valence-corrected chi connectivity index (χ0v) is 17.8. The van der Waals surface area contributed by atoms with Gasteiger partial charge in [0.05, 0.1) is 13.1 Å². The van der Waals surface area contributed by atoms with Crippen LogP contribution in [0.5, 0.6) is 5.75 Å². The minimum atomic E-state index is -4.48. The van der Waals surface area contributed by atoms with E-state index >= 15 is 0 Å². The third-order valence-electron chi connectivity index (χ3n) is 3.10. The average Bonchev–Trinajstić information content (AvgIpc) is 3.07. The molecule has 1 aromatic carbocycles. The van der Waals surface area contributed by atoms with E-state index in [2.05, 4.69) is 20.6 Å². The normalized spacial score (nSPS) is 11.7. The number of alkyl halides is 3. The second-order valence-corrected chi connectivity index (χ2v) is 6.11. The van der Waals surface area contributed by atoms with Crippen molar-refractivity contribution < 1.29 is 26.7 Å². The fourth-order valence-corrected chi connectivity index (χ4v) is 2.65.